The van der Waals surface area contributed by atoms with Crippen LogP contribution in [0.15, 0.2) is 0 Å². The smallest absolute Gasteiger partial charge is 0.373 e. The number of unbranched alkanes of at least 4 members (excludes halogenated alkanes) is 2. The maximum Gasteiger partial charge on any atom is 0.500 e. The summed E-state index contributed by atoms with van der Waals surface area (Å²) in [5.41, 5.74) is 0. The third-order valence-electron chi connectivity index (χ3n) is 3.48. The Morgan fingerprint density at radius 3 is 1.70 bits per heavy atom. The fourth-order valence-electron chi connectivity index (χ4n) is 2.06. The zero-order valence-electron chi connectivity index (χ0n) is 14.4. The van der Waals surface area contributed by atoms with Gasteiger partial charge in [0.15, 0.2) is 0 Å². The van der Waals surface area contributed by atoms with Gasteiger partial charge in [-0.15, -0.1) is 0 Å². The van der Waals surface area contributed by atoms with Gasteiger partial charge < -0.3 is 13.3 Å². The van der Waals surface area contributed by atoms with E-state index in [1.165, 1.54) is 0 Å². The van der Waals surface area contributed by atoms with E-state index in [9.17, 15) is 0 Å². The van der Waals surface area contributed by atoms with Crippen molar-refractivity contribution in [1.29, 1.82) is 0 Å². The monoisotopic (exact) mass is 304 g/mol. The minimum atomic E-state index is -2.47. The van der Waals surface area contributed by atoms with Crippen LogP contribution in [0.2, 0.25) is 6.04 Å². The highest BCUT2D eigenvalue weighted by atomic mass is 28.4. The van der Waals surface area contributed by atoms with E-state index in [2.05, 4.69) is 34.6 Å². The van der Waals surface area contributed by atoms with Gasteiger partial charge in [0.1, 0.15) is 0 Å². The Labute approximate surface area is 127 Å². The fourth-order valence-corrected chi connectivity index (χ4v) is 4.56. The molecule has 3 nitrogen and oxygen atoms in total. The molecule has 0 bridgehead atoms. The van der Waals surface area contributed by atoms with Crippen molar-refractivity contribution in [2.24, 2.45) is 0 Å². The Kier molecular flexibility index (Phi) is 12.9. The van der Waals surface area contributed by atoms with Crippen LogP contribution in [0.1, 0.15) is 79.6 Å². The molecule has 0 aliphatic carbocycles. The lowest BCUT2D eigenvalue weighted by Crippen LogP contribution is -2.48. The maximum absolute atomic E-state index is 6.36. The van der Waals surface area contributed by atoms with Gasteiger partial charge in [0.05, 0.1) is 0 Å². The number of rotatable bonds is 14. The zero-order chi connectivity index (χ0) is 15.3. The first-order valence-corrected chi connectivity index (χ1v) is 10.6. The van der Waals surface area contributed by atoms with E-state index in [-0.39, 0.29) is 6.10 Å². The van der Waals surface area contributed by atoms with Gasteiger partial charge in [0, 0.05) is 25.4 Å². The first-order chi connectivity index (χ1) is 9.67. The third-order valence-corrected chi connectivity index (χ3v) is 6.33. The Morgan fingerprint density at radius 2 is 1.35 bits per heavy atom. The summed E-state index contributed by atoms with van der Waals surface area (Å²) in [7, 11) is -2.47. The Bertz CT molecular complexity index is 202. The molecule has 0 aromatic rings. The molecule has 0 heterocycles. The van der Waals surface area contributed by atoms with Crippen molar-refractivity contribution in [3.8, 4) is 0 Å². The Balaban J connectivity index is 4.59. The van der Waals surface area contributed by atoms with Gasteiger partial charge >= 0.3 is 8.80 Å². The van der Waals surface area contributed by atoms with Gasteiger partial charge in [-0.05, 0) is 25.7 Å². The molecule has 1 atom stereocenters. The lowest BCUT2D eigenvalue weighted by molar-refractivity contribution is 0.0216. The van der Waals surface area contributed by atoms with Crippen molar-refractivity contribution in [2.75, 3.05) is 13.2 Å². The number of hydrogen-bond acceptors (Lipinski definition) is 3. The molecule has 0 aliphatic heterocycles. The predicted molar refractivity (Wildman–Crippen MR) is 88.0 cm³/mol. The Morgan fingerprint density at radius 1 is 0.800 bits per heavy atom. The normalized spacial score (nSPS) is 13.7. The van der Waals surface area contributed by atoms with Crippen molar-refractivity contribution in [3.63, 3.8) is 0 Å². The van der Waals surface area contributed by atoms with Crippen molar-refractivity contribution in [3.05, 3.63) is 0 Å². The van der Waals surface area contributed by atoms with Gasteiger partial charge in [0.2, 0.25) is 0 Å². The highest BCUT2D eigenvalue weighted by molar-refractivity contribution is 6.60. The summed E-state index contributed by atoms with van der Waals surface area (Å²) in [5.74, 6) is 0. The van der Waals surface area contributed by atoms with Crippen molar-refractivity contribution in [1.82, 2.24) is 0 Å². The summed E-state index contributed by atoms with van der Waals surface area (Å²) in [4.78, 5) is 0. The first-order valence-electron chi connectivity index (χ1n) is 8.63. The van der Waals surface area contributed by atoms with E-state index in [1.54, 1.807) is 0 Å². The lowest BCUT2D eigenvalue weighted by atomic mass is 10.2. The molecule has 0 saturated carbocycles. The molecule has 0 N–H and O–H groups in total. The van der Waals surface area contributed by atoms with Crippen molar-refractivity contribution < 1.29 is 13.3 Å². The molecule has 0 amide bonds. The lowest BCUT2D eigenvalue weighted by Gasteiger charge is -2.32. The molecular weight excluding hydrogens is 268 g/mol. The average molecular weight is 305 g/mol. The van der Waals surface area contributed by atoms with Crippen molar-refractivity contribution >= 4 is 8.80 Å². The summed E-state index contributed by atoms with van der Waals surface area (Å²) in [6.45, 7) is 12.4. The van der Waals surface area contributed by atoms with Crippen LogP contribution in [-0.4, -0.2) is 28.1 Å². The molecule has 4 heteroatoms. The van der Waals surface area contributed by atoms with E-state index in [0.29, 0.717) is 0 Å². The Hall–Kier alpha value is 0.0969. The molecule has 0 radical (unpaired) electrons. The summed E-state index contributed by atoms with van der Waals surface area (Å²) < 4.78 is 18.6. The topological polar surface area (TPSA) is 27.7 Å². The van der Waals surface area contributed by atoms with Crippen LogP contribution in [0.4, 0.5) is 0 Å². The van der Waals surface area contributed by atoms with Gasteiger partial charge in [-0.1, -0.05) is 53.9 Å². The summed E-state index contributed by atoms with van der Waals surface area (Å²) in [6.07, 6.45) is 8.03. The SMILES string of the molecule is CCCCO[Si](CC)(OCCCC)OC(CC)CCC. The second-order valence-corrected chi connectivity index (χ2v) is 8.26. The standard InChI is InChI=1S/C16H36O3Si/c1-6-11-14-17-20(10-5,18-15-12-7-2)19-16(9-4)13-8-3/h16H,6-15H2,1-5H3. The van der Waals surface area contributed by atoms with E-state index in [0.717, 1.165) is 64.2 Å². The van der Waals surface area contributed by atoms with Crippen LogP contribution in [0.25, 0.3) is 0 Å². The fraction of sp³-hybridized carbons (Fsp3) is 1.00. The third kappa shape index (κ3) is 8.40. The molecule has 0 saturated heterocycles. The largest absolute Gasteiger partial charge is 0.500 e. The molecule has 0 fully saturated rings. The maximum atomic E-state index is 6.36. The van der Waals surface area contributed by atoms with E-state index < -0.39 is 8.80 Å². The van der Waals surface area contributed by atoms with Crippen LogP contribution < -0.4 is 0 Å². The van der Waals surface area contributed by atoms with Crippen LogP contribution >= 0.6 is 0 Å². The molecule has 0 aromatic heterocycles. The minimum Gasteiger partial charge on any atom is -0.373 e. The number of hydrogen-bond donors (Lipinski definition) is 0. The van der Waals surface area contributed by atoms with Gasteiger partial charge in [-0.2, -0.15) is 0 Å². The van der Waals surface area contributed by atoms with Gasteiger partial charge in [-0.25, -0.2) is 0 Å². The molecule has 122 valence electrons. The minimum absolute atomic E-state index is 0.287. The summed E-state index contributed by atoms with van der Waals surface area (Å²) in [5, 5.41) is 0. The molecule has 20 heavy (non-hydrogen) atoms. The van der Waals surface area contributed by atoms with E-state index in [1.807, 2.05) is 0 Å². The average Bonchev–Trinajstić information content (AvgIpc) is 2.47. The van der Waals surface area contributed by atoms with Crippen LogP contribution in [0, 0.1) is 0 Å². The van der Waals surface area contributed by atoms with Gasteiger partial charge in [-0.3, -0.25) is 0 Å². The van der Waals surface area contributed by atoms with E-state index >= 15 is 0 Å². The molecule has 0 aliphatic rings. The zero-order valence-corrected chi connectivity index (χ0v) is 15.4. The summed E-state index contributed by atoms with van der Waals surface area (Å²) >= 11 is 0. The van der Waals surface area contributed by atoms with Gasteiger partial charge in [0.25, 0.3) is 0 Å². The molecule has 0 aromatic carbocycles. The second kappa shape index (κ2) is 12.8. The highest BCUT2D eigenvalue weighted by Crippen LogP contribution is 2.22. The molecule has 0 spiro atoms. The van der Waals surface area contributed by atoms with Crippen LogP contribution in [0.5, 0.6) is 0 Å². The molecular formula is C16H36O3Si. The first kappa shape index (κ1) is 20.1. The van der Waals surface area contributed by atoms with E-state index in [4.69, 9.17) is 13.3 Å². The molecule has 0 rings (SSSR count). The summed E-state index contributed by atoms with van der Waals surface area (Å²) in [6, 6.07) is 0.876. The van der Waals surface area contributed by atoms with Crippen LogP contribution in [-0.2, 0) is 13.3 Å². The second-order valence-electron chi connectivity index (χ2n) is 5.38. The van der Waals surface area contributed by atoms with Crippen LogP contribution in [0.3, 0.4) is 0 Å². The highest BCUT2D eigenvalue weighted by Gasteiger charge is 2.41. The molecule has 1 unspecified atom stereocenters. The quantitative estimate of drug-likeness (QED) is 0.327. The van der Waals surface area contributed by atoms with Crippen molar-refractivity contribution in [2.45, 2.75) is 91.7 Å². The predicted octanol–water partition coefficient (Wildman–Crippen LogP) is 5.17.